The second-order valence-corrected chi connectivity index (χ2v) is 6.18. The SMILES string of the molecule is CN(C)C[C@@]1(c2ccc(Cl)c(Cl)c2)CC=CCC1. The van der Waals surface area contributed by atoms with Crippen LogP contribution in [0.4, 0.5) is 0 Å². The van der Waals surface area contributed by atoms with Crippen molar-refractivity contribution >= 4 is 23.2 Å². The van der Waals surface area contributed by atoms with E-state index in [9.17, 15) is 0 Å². The highest BCUT2D eigenvalue weighted by molar-refractivity contribution is 6.42. The number of halogens is 2. The Bertz CT molecular complexity index is 454. The van der Waals surface area contributed by atoms with Gasteiger partial charge >= 0.3 is 0 Å². The predicted octanol–water partition coefficient (Wildman–Crippen LogP) is 4.53. The van der Waals surface area contributed by atoms with E-state index in [1.165, 1.54) is 12.0 Å². The molecule has 0 aliphatic heterocycles. The molecule has 1 nitrogen and oxygen atoms in total. The monoisotopic (exact) mass is 283 g/mol. The molecule has 1 aromatic carbocycles. The summed E-state index contributed by atoms with van der Waals surface area (Å²) < 4.78 is 0. The summed E-state index contributed by atoms with van der Waals surface area (Å²) in [4.78, 5) is 2.25. The zero-order valence-corrected chi connectivity index (χ0v) is 12.4. The molecule has 0 saturated carbocycles. The Hall–Kier alpha value is -0.500. The molecule has 0 aromatic heterocycles. The minimum absolute atomic E-state index is 0.173. The fourth-order valence-corrected chi connectivity index (χ4v) is 3.11. The first-order chi connectivity index (χ1) is 8.53. The van der Waals surface area contributed by atoms with Crippen LogP contribution in [0.3, 0.4) is 0 Å². The van der Waals surface area contributed by atoms with Gasteiger partial charge in [-0.1, -0.05) is 41.4 Å². The van der Waals surface area contributed by atoms with Crippen LogP contribution >= 0.6 is 23.2 Å². The Labute approximate surface area is 119 Å². The van der Waals surface area contributed by atoms with Crippen molar-refractivity contribution in [2.24, 2.45) is 0 Å². The van der Waals surface area contributed by atoms with Gasteiger partial charge in [-0.2, -0.15) is 0 Å². The molecule has 1 atom stereocenters. The van der Waals surface area contributed by atoms with Crippen LogP contribution in [-0.2, 0) is 5.41 Å². The molecule has 0 bridgehead atoms. The maximum Gasteiger partial charge on any atom is 0.0595 e. The van der Waals surface area contributed by atoms with Gasteiger partial charge in [0.15, 0.2) is 0 Å². The molecule has 0 spiro atoms. The second-order valence-electron chi connectivity index (χ2n) is 5.36. The molecule has 0 amide bonds. The first-order valence-electron chi connectivity index (χ1n) is 6.29. The Balaban J connectivity index is 2.39. The summed E-state index contributed by atoms with van der Waals surface area (Å²) in [5.74, 6) is 0. The summed E-state index contributed by atoms with van der Waals surface area (Å²) in [5, 5.41) is 1.29. The van der Waals surface area contributed by atoms with E-state index < -0.39 is 0 Å². The molecule has 0 fully saturated rings. The maximum atomic E-state index is 6.17. The molecule has 1 aromatic rings. The van der Waals surface area contributed by atoms with Gasteiger partial charge in [-0.05, 0) is 51.1 Å². The van der Waals surface area contributed by atoms with Crippen LogP contribution in [0.15, 0.2) is 30.4 Å². The van der Waals surface area contributed by atoms with Gasteiger partial charge in [0.05, 0.1) is 10.0 Å². The average molecular weight is 284 g/mol. The van der Waals surface area contributed by atoms with Crippen LogP contribution in [0.25, 0.3) is 0 Å². The number of hydrogen-bond donors (Lipinski definition) is 0. The topological polar surface area (TPSA) is 3.24 Å². The number of allylic oxidation sites excluding steroid dienone is 2. The smallest absolute Gasteiger partial charge is 0.0595 e. The summed E-state index contributed by atoms with van der Waals surface area (Å²) >= 11 is 12.2. The highest BCUT2D eigenvalue weighted by atomic mass is 35.5. The van der Waals surface area contributed by atoms with Crippen molar-refractivity contribution in [1.29, 1.82) is 0 Å². The predicted molar refractivity (Wildman–Crippen MR) is 79.7 cm³/mol. The van der Waals surface area contributed by atoms with E-state index in [4.69, 9.17) is 23.2 Å². The summed E-state index contributed by atoms with van der Waals surface area (Å²) in [5.41, 5.74) is 1.47. The third-order valence-electron chi connectivity index (χ3n) is 3.62. The number of benzene rings is 1. The minimum atomic E-state index is 0.173. The molecule has 98 valence electrons. The maximum absolute atomic E-state index is 6.17. The van der Waals surface area contributed by atoms with Gasteiger partial charge in [-0.25, -0.2) is 0 Å². The molecular formula is C15H19Cl2N. The molecule has 2 rings (SSSR count). The Kier molecular flexibility index (Phi) is 4.37. The molecule has 0 unspecified atom stereocenters. The molecule has 0 radical (unpaired) electrons. The fraction of sp³-hybridized carbons (Fsp3) is 0.467. The molecule has 0 heterocycles. The highest BCUT2D eigenvalue weighted by Crippen LogP contribution is 2.39. The van der Waals surface area contributed by atoms with Gasteiger partial charge in [0.25, 0.3) is 0 Å². The van der Waals surface area contributed by atoms with E-state index in [1.54, 1.807) is 0 Å². The Morgan fingerprint density at radius 2 is 1.94 bits per heavy atom. The van der Waals surface area contributed by atoms with Gasteiger partial charge in [0, 0.05) is 12.0 Å². The van der Waals surface area contributed by atoms with Crippen molar-refractivity contribution < 1.29 is 0 Å². The summed E-state index contributed by atoms with van der Waals surface area (Å²) in [6.45, 7) is 1.04. The third kappa shape index (κ3) is 2.90. The van der Waals surface area contributed by atoms with Crippen LogP contribution in [0.5, 0.6) is 0 Å². The molecule has 1 aliphatic carbocycles. The van der Waals surface area contributed by atoms with Crippen LogP contribution in [0.2, 0.25) is 10.0 Å². The van der Waals surface area contributed by atoms with Gasteiger partial charge in [0.1, 0.15) is 0 Å². The highest BCUT2D eigenvalue weighted by Gasteiger charge is 2.33. The molecular weight excluding hydrogens is 265 g/mol. The van der Waals surface area contributed by atoms with E-state index in [0.29, 0.717) is 10.0 Å². The third-order valence-corrected chi connectivity index (χ3v) is 4.35. The van der Waals surface area contributed by atoms with Crippen LogP contribution < -0.4 is 0 Å². The quantitative estimate of drug-likeness (QED) is 0.737. The lowest BCUT2D eigenvalue weighted by Gasteiger charge is -2.38. The summed E-state index contributed by atoms with van der Waals surface area (Å²) in [6, 6.07) is 6.07. The van der Waals surface area contributed by atoms with E-state index in [-0.39, 0.29) is 5.41 Å². The first kappa shape index (κ1) is 13.9. The fourth-order valence-electron chi connectivity index (χ4n) is 2.82. The molecule has 0 saturated heterocycles. The van der Waals surface area contributed by atoms with E-state index in [1.807, 2.05) is 12.1 Å². The Morgan fingerprint density at radius 3 is 2.50 bits per heavy atom. The number of likely N-dealkylation sites (N-methyl/N-ethyl adjacent to an activating group) is 1. The molecule has 18 heavy (non-hydrogen) atoms. The standard InChI is InChI=1S/C15H19Cl2N/c1-18(2)11-15(8-4-3-5-9-15)12-6-7-13(16)14(17)10-12/h3-4,6-7,10H,5,8-9,11H2,1-2H3/t15-/m1/s1. The van der Waals surface area contributed by atoms with Crippen molar-refractivity contribution in [3.63, 3.8) is 0 Å². The van der Waals surface area contributed by atoms with Crippen LogP contribution in [-0.4, -0.2) is 25.5 Å². The van der Waals surface area contributed by atoms with Crippen LogP contribution in [0, 0.1) is 0 Å². The number of hydrogen-bond acceptors (Lipinski definition) is 1. The number of nitrogens with zero attached hydrogens (tertiary/aromatic N) is 1. The second kappa shape index (κ2) is 5.64. The van der Waals surface area contributed by atoms with Crippen molar-refractivity contribution in [2.75, 3.05) is 20.6 Å². The van der Waals surface area contributed by atoms with Crippen molar-refractivity contribution in [3.8, 4) is 0 Å². The summed E-state index contributed by atoms with van der Waals surface area (Å²) in [7, 11) is 4.25. The largest absolute Gasteiger partial charge is 0.309 e. The van der Waals surface area contributed by atoms with E-state index in [2.05, 4.69) is 37.2 Å². The molecule has 1 aliphatic rings. The van der Waals surface area contributed by atoms with E-state index >= 15 is 0 Å². The lowest BCUT2D eigenvalue weighted by Crippen LogP contribution is -2.38. The minimum Gasteiger partial charge on any atom is -0.309 e. The zero-order valence-electron chi connectivity index (χ0n) is 10.9. The summed E-state index contributed by atoms with van der Waals surface area (Å²) in [6.07, 6.45) is 7.93. The van der Waals surface area contributed by atoms with Crippen molar-refractivity contribution in [3.05, 3.63) is 46.0 Å². The van der Waals surface area contributed by atoms with Gasteiger partial charge < -0.3 is 4.90 Å². The van der Waals surface area contributed by atoms with E-state index in [0.717, 1.165) is 19.4 Å². The van der Waals surface area contributed by atoms with Gasteiger partial charge in [-0.15, -0.1) is 0 Å². The lowest BCUT2D eigenvalue weighted by molar-refractivity contribution is 0.262. The van der Waals surface area contributed by atoms with Crippen molar-refractivity contribution in [1.82, 2.24) is 4.90 Å². The van der Waals surface area contributed by atoms with Gasteiger partial charge in [0.2, 0.25) is 0 Å². The lowest BCUT2D eigenvalue weighted by atomic mass is 9.71. The number of rotatable bonds is 3. The average Bonchev–Trinajstić information content (AvgIpc) is 2.33. The molecule has 3 heteroatoms. The normalized spacial score (nSPS) is 23.6. The first-order valence-corrected chi connectivity index (χ1v) is 7.04. The van der Waals surface area contributed by atoms with Crippen molar-refractivity contribution in [2.45, 2.75) is 24.7 Å². The molecule has 0 N–H and O–H groups in total. The zero-order chi connectivity index (χ0) is 13.2. The van der Waals surface area contributed by atoms with Gasteiger partial charge in [-0.3, -0.25) is 0 Å². The Morgan fingerprint density at radius 1 is 1.17 bits per heavy atom. The van der Waals surface area contributed by atoms with Crippen LogP contribution in [0.1, 0.15) is 24.8 Å².